The lowest BCUT2D eigenvalue weighted by molar-refractivity contribution is -0.151. The molecule has 36 heavy (non-hydrogen) atoms. The van der Waals surface area contributed by atoms with Crippen molar-refractivity contribution in [1.82, 2.24) is 10.6 Å². The van der Waals surface area contributed by atoms with Crippen LogP contribution < -0.4 is 10.6 Å². The normalized spacial score (nSPS) is 12.3. The highest BCUT2D eigenvalue weighted by atomic mass is 16.5. The minimum absolute atomic E-state index is 0.000702. The van der Waals surface area contributed by atoms with Crippen molar-refractivity contribution in [3.8, 4) is 0 Å². The first kappa shape index (κ1) is 28.6. The van der Waals surface area contributed by atoms with E-state index in [9.17, 15) is 19.2 Å². The van der Waals surface area contributed by atoms with Gasteiger partial charge < -0.3 is 20.1 Å². The zero-order valence-corrected chi connectivity index (χ0v) is 21.2. The van der Waals surface area contributed by atoms with E-state index in [1.165, 1.54) is 0 Å². The molecule has 8 nitrogen and oxygen atoms in total. The molecule has 0 bridgehead atoms. The lowest BCUT2D eigenvalue weighted by Crippen LogP contribution is -2.54. The van der Waals surface area contributed by atoms with Gasteiger partial charge in [-0.2, -0.15) is 0 Å². The number of esters is 2. The molecule has 0 saturated carbocycles. The summed E-state index contributed by atoms with van der Waals surface area (Å²) in [6.45, 7) is 5.64. The van der Waals surface area contributed by atoms with Gasteiger partial charge in [-0.3, -0.25) is 14.4 Å². The number of amides is 2. The van der Waals surface area contributed by atoms with Crippen molar-refractivity contribution in [2.24, 2.45) is 5.92 Å². The summed E-state index contributed by atoms with van der Waals surface area (Å²) in [6.07, 6.45) is 0.859. The fourth-order valence-electron chi connectivity index (χ4n) is 3.42. The molecule has 0 unspecified atom stereocenters. The van der Waals surface area contributed by atoms with Gasteiger partial charge in [-0.05, 0) is 29.9 Å². The standard InChI is InChI=1S/C28H36N2O6/c1-4-11-24(31)30-26(20(2)3)27(33)29-23(28(34)36-19-22-14-9-6-10-15-22)16-17-25(32)35-18-21-12-7-5-8-13-21/h5-10,12-15,20,23,26H,4,11,16-19H2,1-3H3,(H,29,33)(H,30,31)/t23-,26-/m0/s1. The van der Waals surface area contributed by atoms with Gasteiger partial charge in [-0.15, -0.1) is 0 Å². The van der Waals surface area contributed by atoms with Gasteiger partial charge >= 0.3 is 11.9 Å². The Kier molecular flexibility index (Phi) is 12.2. The molecule has 194 valence electrons. The summed E-state index contributed by atoms with van der Waals surface area (Å²) in [5.41, 5.74) is 1.64. The maximum absolute atomic E-state index is 13.0. The number of hydrogen-bond donors (Lipinski definition) is 2. The van der Waals surface area contributed by atoms with Crippen LogP contribution in [-0.2, 0) is 41.9 Å². The molecule has 8 heteroatoms. The monoisotopic (exact) mass is 496 g/mol. The zero-order valence-electron chi connectivity index (χ0n) is 21.2. The SMILES string of the molecule is CCCC(=O)N[C@H](C(=O)N[C@@H](CCC(=O)OCc1ccccc1)C(=O)OCc1ccccc1)C(C)C. The molecule has 2 aromatic carbocycles. The molecule has 0 heterocycles. The molecule has 2 aromatic rings. The molecular weight excluding hydrogens is 460 g/mol. The van der Waals surface area contributed by atoms with Crippen molar-refractivity contribution in [2.45, 2.75) is 71.8 Å². The molecule has 0 saturated heterocycles. The largest absolute Gasteiger partial charge is 0.461 e. The minimum Gasteiger partial charge on any atom is -0.461 e. The van der Waals surface area contributed by atoms with E-state index in [4.69, 9.17) is 9.47 Å². The summed E-state index contributed by atoms with van der Waals surface area (Å²) < 4.78 is 10.7. The van der Waals surface area contributed by atoms with Crippen LogP contribution in [0.4, 0.5) is 0 Å². The first-order valence-corrected chi connectivity index (χ1v) is 12.3. The smallest absolute Gasteiger partial charge is 0.328 e. The Hall–Kier alpha value is -3.68. The van der Waals surface area contributed by atoms with Crippen LogP contribution in [0, 0.1) is 5.92 Å². The number of carbonyl (C=O) groups excluding carboxylic acids is 4. The number of ether oxygens (including phenoxy) is 2. The summed E-state index contributed by atoms with van der Waals surface area (Å²) in [5, 5.41) is 5.40. The third-order valence-corrected chi connectivity index (χ3v) is 5.45. The van der Waals surface area contributed by atoms with E-state index < -0.39 is 29.9 Å². The summed E-state index contributed by atoms with van der Waals surface area (Å²) in [7, 11) is 0. The van der Waals surface area contributed by atoms with Crippen molar-refractivity contribution in [1.29, 1.82) is 0 Å². The Balaban J connectivity index is 2.02. The minimum atomic E-state index is -1.07. The first-order chi connectivity index (χ1) is 17.3. The number of benzene rings is 2. The molecular formula is C28H36N2O6. The van der Waals surface area contributed by atoms with Gasteiger partial charge in [0.1, 0.15) is 25.3 Å². The average molecular weight is 497 g/mol. The molecule has 0 fully saturated rings. The quantitative estimate of drug-likeness (QED) is 0.386. The van der Waals surface area contributed by atoms with Crippen LogP contribution in [0.5, 0.6) is 0 Å². The van der Waals surface area contributed by atoms with Crippen molar-refractivity contribution in [3.05, 3.63) is 71.8 Å². The van der Waals surface area contributed by atoms with Gasteiger partial charge in [-0.1, -0.05) is 81.4 Å². The molecule has 2 N–H and O–H groups in total. The van der Waals surface area contributed by atoms with Gasteiger partial charge in [-0.25, -0.2) is 4.79 Å². The van der Waals surface area contributed by atoms with Gasteiger partial charge in [0, 0.05) is 12.8 Å². The molecule has 0 spiro atoms. The molecule has 0 aliphatic heterocycles. The number of hydrogen-bond acceptors (Lipinski definition) is 6. The lowest BCUT2D eigenvalue weighted by atomic mass is 10.0. The highest BCUT2D eigenvalue weighted by molar-refractivity contribution is 5.91. The Morgan fingerprint density at radius 1 is 0.778 bits per heavy atom. The molecule has 0 aliphatic rings. The summed E-state index contributed by atoms with van der Waals surface area (Å²) in [5.74, 6) is -2.11. The van der Waals surface area contributed by atoms with E-state index in [1.807, 2.05) is 67.6 Å². The van der Waals surface area contributed by atoms with E-state index in [0.717, 1.165) is 11.1 Å². The second kappa shape index (κ2) is 15.3. The summed E-state index contributed by atoms with van der Waals surface area (Å²) in [6, 6.07) is 16.5. The fourth-order valence-corrected chi connectivity index (χ4v) is 3.42. The highest BCUT2D eigenvalue weighted by Crippen LogP contribution is 2.10. The van der Waals surface area contributed by atoms with Crippen LogP contribution in [0.1, 0.15) is 57.6 Å². The molecule has 2 rings (SSSR count). The van der Waals surface area contributed by atoms with Gasteiger partial charge in [0.05, 0.1) is 0 Å². The second-order valence-electron chi connectivity index (χ2n) is 8.88. The maximum Gasteiger partial charge on any atom is 0.328 e. The van der Waals surface area contributed by atoms with Crippen LogP contribution in [0.15, 0.2) is 60.7 Å². The van der Waals surface area contributed by atoms with Gasteiger partial charge in [0.15, 0.2) is 0 Å². The van der Waals surface area contributed by atoms with E-state index in [2.05, 4.69) is 10.6 Å². The number of nitrogens with one attached hydrogen (secondary N) is 2. The van der Waals surface area contributed by atoms with Gasteiger partial charge in [0.25, 0.3) is 0 Å². The third-order valence-electron chi connectivity index (χ3n) is 5.45. The van der Waals surface area contributed by atoms with E-state index >= 15 is 0 Å². The predicted molar refractivity (Wildman–Crippen MR) is 135 cm³/mol. The first-order valence-electron chi connectivity index (χ1n) is 12.3. The van der Waals surface area contributed by atoms with Gasteiger partial charge in [0.2, 0.25) is 11.8 Å². The zero-order chi connectivity index (χ0) is 26.3. The number of carbonyl (C=O) groups is 4. The topological polar surface area (TPSA) is 111 Å². The maximum atomic E-state index is 13.0. The van der Waals surface area contributed by atoms with E-state index in [-0.39, 0.29) is 37.9 Å². The van der Waals surface area contributed by atoms with E-state index in [1.54, 1.807) is 13.8 Å². The van der Waals surface area contributed by atoms with Crippen LogP contribution >= 0.6 is 0 Å². The Morgan fingerprint density at radius 3 is 1.86 bits per heavy atom. The van der Waals surface area contributed by atoms with Crippen molar-refractivity contribution >= 4 is 23.8 Å². The Labute approximate surface area is 212 Å². The summed E-state index contributed by atoms with van der Waals surface area (Å²) in [4.78, 5) is 50.3. The molecule has 2 amide bonds. The van der Waals surface area contributed by atoms with Crippen LogP contribution in [0.2, 0.25) is 0 Å². The average Bonchev–Trinajstić information content (AvgIpc) is 2.88. The Bertz CT molecular complexity index is 978. The molecule has 0 aliphatic carbocycles. The van der Waals surface area contributed by atoms with Crippen molar-refractivity contribution < 1.29 is 28.7 Å². The molecule has 0 radical (unpaired) electrons. The Morgan fingerprint density at radius 2 is 1.33 bits per heavy atom. The third kappa shape index (κ3) is 10.3. The molecule has 0 aromatic heterocycles. The lowest BCUT2D eigenvalue weighted by Gasteiger charge is -2.25. The van der Waals surface area contributed by atoms with E-state index in [0.29, 0.717) is 12.8 Å². The fraction of sp³-hybridized carbons (Fsp3) is 0.429. The van der Waals surface area contributed by atoms with Crippen LogP contribution in [-0.4, -0.2) is 35.8 Å². The summed E-state index contributed by atoms with van der Waals surface area (Å²) >= 11 is 0. The highest BCUT2D eigenvalue weighted by Gasteiger charge is 2.30. The number of rotatable bonds is 14. The van der Waals surface area contributed by atoms with Crippen LogP contribution in [0.3, 0.4) is 0 Å². The van der Waals surface area contributed by atoms with Crippen molar-refractivity contribution in [2.75, 3.05) is 0 Å². The molecule has 2 atom stereocenters. The second-order valence-corrected chi connectivity index (χ2v) is 8.88. The van der Waals surface area contributed by atoms with Crippen LogP contribution in [0.25, 0.3) is 0 Å². The predicted octanol–water partition coefficient (Wildman–Crippen LogP) is 3.68. The van der Waals surface area contributed by atoms with Crippen molar-refractivity contribution in [3.63, 3.8) is 0 Å².